The molecule has 0 aliphatic heterocycles. The molecule has 1 saturated carbocycles. The predicted octanol–water partition coefficient (Wildman–Crippen LogP) is 2.39. The van der Waals surface area contributed by atoms with Gasteiger partial charge >= 0.3 is 0 Å². The van der Waals surface area contributed by atoms with Gasteiger partial charge in [0.2, 0.25) is 0 Å². The Morgan fingerprint density at radius 2 is 2.11 bits per heavy atom. The minimum Gasteiger partial charge on any atom is -0.247 e. The fourth-order valence-electron chi connectivity index (χ4n) is 1.30. The molecule has 0 N–H and O–H groups in total. The van der Waals surface area contributed by atoms with E-state index >= 15 is 0 Å². The monoisotopic (exact) mass is 148 g/mol. The number of hydrogen-bond acceptors (Lipinski definition) is 0. The first kappa shape index (κ1) is 7.47. The molecule has 4 unspecified atom stereocenters. The van der Waals surface area contributed by atoms with E-state index in [2.05, 4.69) is 16.2 Å². The average Bonchev–Trinajstić information content (AvgIpc) is 1.80. The zero-order valence-electron chi connectivity index (χ0n) is 5.81. The van der Waals surface area contributed by atoms with Crippen molar-refractivity contribution in [3.8, 4) is 0 Å². The van der Waals surface area contributed by atoms with E-state index in [0.717, 1.165) is 19.3 Å². The summed E-state index contributed by atoms with van der Waals surface area (Å²) in [5.41, 5.74) is 0.522. The van der Waals surface area contributed by atoms with Crippen LogP contribution in [-0.4, -0.2) is 11.8 Å². The Morgan fingerprint density at radius 3 is 2.56 bits per heavy atom. The van der Waals surface area contributed by atoms with Gasteiger partial charge in [0.15, 0.2) is 0 Å². The van der Waals surface area contributed by atoms with Gasteiger partial charge in [-0.05, 0) is 30.8 Å². The maximum absolute atomic E-state index is 12.6. The fourth-order valence-corrected chi connectivity index (χ4v) is 1.79. The van der Waals surface area contributed by atoms with Gasteiger partial charge in [-0.1, -0.05) is 6.92 Å². The first-order valence-electron chi connectivity index (χ1n) is 3.60. The lowest BCUT2D eigenvalue weighted by atomic mass is 9.89. The predicted molar refractivity (Wildman–Crippen MR) is 41.4 cm³/mol. The first-order chi connectivity index (χ1) is 4.20. The number of hydrogen-bond donors (Lipinski definition) is 0. The van der Waals surface area contributed by atoms with Crippen LogP contribution < -0.4 is 0 Å². The lowest BCUT2D eigenvalue weighted by Crippen LogP contribution is -2.23. The molecule has 4 atom stereocenters. The van der Waals surface area contributed by atoms with E-state index in [-0.39, 0.29) is 0 Å². The van der Waals surface area contributed by atoms with Gasteiger partial charge in [-0.15, -0.1) is 9.24 Å². The van der Waals surface area contributed by atoms with Gasteiger partial charge in [0.1, 0.15) is 6.17 Å². The highest BCUT2D eigenvalue weighted by Gasteiger charge is 2.23. The van der Waals surface area contributed by atoms with Crippen LogP contribution in [-0.2, 0) is 0 Å². The zero-order chi connectivity index (χ0) is 6.85. The number of rotatable bonds is 0. The number of halogens is 1. The molecule has 0 aromatic heterocycles. The second kappa shape index (κ2) is 2.96. The highest BCUT2D eigenvalue weighted by molar-refractivity contribution is 7.17. The van der Waals surface area contributed by atoms with Crippen LogP contribution in [0.3, 0.4) is 0 Å². The Morgan fingerprint density at radius 1 is 1.44 bits per heavy atom. The van der Waals surface area contributed by atoms with Crippen molar-refractivity contribution in [1.29, 1.82) is 0 Å². The molecule has 1 aliphatic rings. The standard InChI is InChI=1S/C7H14FP/c1-5-2-3-6(8)4-7(5)9/h5-7H,2-4,9H2,1H3. The lowest BCUT2D eigenvalue weighted by Gasteiger charge is -2.27. The van der Waals surface area contributed by atoms with Crippen molar-refractivity contribution in [3.05, 3.63) is 0 Å². The van der Waals surface area contributed by atoms with Gasteiger partial charge in [0.25, 0.3) is 0 Å². The third-order valence-electron chi connectivity index (χ3n) is 2.19. The summed E-state index contributed by atoms with van der Waals surface area (Å²) >= 11 is 0. The largest absolute Gasteiger partial charge is 0.247 e. The Bertz CT molecular complexity index is 94.9. The summed E-state index contributed by atoms with van der Waals surface area (Å²) in [5.74, 6) is 0.710. The summed E-state index contributed by atoms with van der Waals surface area (Å²) in [7, 11) is 2.73. The molecule has 0 aromatic carbocycles. The summed E-state index contributed by atoms with van der Waals surface area (Å²) in [6.45, 7) is 2.20. The van der Waals surface area contributed by atoms with Gasteiger partial charge in [-0.2, -0.15) is 0 Å². The molecule has 0 bridgehead atoms. The van der Waals surface area contributed by atoms with Crippen molar-refractivity contribution in [2.45, 2.75) is 38.0 Å². The first-order valence-corrected chi connectivity index (χ1v) is 4.26. The second-order valence-electron chi connectivity index (χ2n) is 3.05. The molecule has 0 radical (unpaired) electrons. The Kier molecular flexibility index (Phi) is 2.46. The van der Waals surface area contributed by atoms with Crippen LogP contribution in [0.15, 0.2) is 0 Å². The topological polar surface area (TPSA) is 0 Å². The Hall–Kier alpha value is 0.360. The van der Waals surface area contributed by atoms with E-state index in [0.29, 0.717) is 11.6 Å². The fraction of sp³-hybridized carbons (Fsp3) is 1.00. The summed E-state index contributed by atoms with van der Waals surface area (Å²) in [4.78, 5) is 0. The van der Waals surface area contributed by atoms with Gasteiger partial charge < -0.3 is 0 Å². The molecule has 54 valence electrons. The SMILES string of the molecule is CC1CCC(F)CC1P. The minimum absolute atomic E-state index is 0.522. The van der Waals surface area contributed by atoms with Crippen molar-refractivity contribution in [3.63, 3.8) is 0 Å². The summed E-state index contributed by atoms with van der Waals surface area (Å²) in [6, 6.07) is 0. The van der Waals surface area contributed by atoms with Crippen LogP contribution >= 0.6 is 9.24 Å². The van der Waals surface area contributed by atoms with Gasteiger partial charge in [-0.25, -0.2) is 4.39 Å². The molecule has 1 aliphatic carbocycles. The van der Waals surface area contributed by atoms with E-state index in [1.807, 2.05) is 0 Å². The molecule has 9 heavy (non-hydrogen) atoms. The molecule has 0 heterocycles. The molecule has 0 aromatic rings. The number of alkyl halides is 1. The van der Waals surface area contributed by atoms with Gasteiger partial charge in [0.05, 0.1) is 0 Å². The summed E-state index contributed by atoms with van der Waals surface area (Å²) < 4.78 is 12.6. The van der Waals surface area contributed by atoms with Gasteiger partial charge in [-0.3, -0.25) is 0 Å². The van der Waals surface area contributed by atoms with Crippen molar-refractivity contribution in [2.75, 3.05) is 0 Å². The smallest absolute Gasteiger partial charge is 0.101 e. The molecule has 0 nitrogen and oxygen atoms in total. The summed E-state index contributed by atoms with van der Waals surface area (Å²) in [5, 5.41) is 0. The highest BCUT2D eigenvalue weighted by Crippen LogP contribution is 2.31. The van der Waals surface area contributed by atoms with Crippen LogP contribution in [0.1, 0.15) is 26.2 Å². The van der Waals surface area contributed by atoms with E-state index in [9.17, 15) is 4.39 Å². The van der Waals surface area contributed by atoms with Crippen LogP contribution in [0.2, 0.25) is 0 Å². The van der Waals surface area contributed by atoms with Crippen LogP contribution in [0.25, 0.3) is 0 Å². The van der Waals surface area contributed by atoms with E-state index in [1.165, 1.54) is 0 Å². The van der Waals surface area contributed by atoms with Crippen molar-refractivity contribution >= 4 is 9.24 Å². The van der Waals surface area contributed by atoms with Gasteiger partial charge in [0, 0.05) is 0 Å². The molecule has 0 saturated heterocycles. The molecule has 1 rings (SSSR count). The Labute approximate surface area is 58.4 Å². The lowest BCUT2D eigenvalue weighted by molar-refractivity contribution is 0.221. The average molecular weight is 148 g/mol. The van der Waals surface area contributed by atoms with Crippen molar-refractivity contribution in [2.24, 2.45) is 5.92 Å². The maximum Gasteiger partial charge on any atom is 0.101 e. The van der Waals surface area contributed by atoms with Crippen LogP contribution in [0.4, 0.5) is 4.39 Å². The molecule has 1 fully saturated rings. The molecular formula is C7H14FP. The van der Waals surface area contributed by atoms with Crippen LogP contribution in [0.5, 0.6) is 0 Å². The zero-order valence-corrected chi connectivity index (χ0v) is 6.96. The second-order valence-corrected chi connectivity index (χ2v) is 3.91. The Balaban J connectivity index is 2.35. The normalized spacial score (nSPS) is 45.0. The third kappa shape index (κ3) is 1.89. The molecular weight excluding hydrogens is 134 g/mol. The van der Waals surface area contributed by atoms with E-state index in [1.54, 1.807) is 0 Å². The highest BCUT2D eigenvalue weighted by atomic mass is 31.0. The van der Waals surface area contributed by atoms with Crippen molar-refractivity contribution in [1.82, 2.24) is 0 Å². The third-order valence-corrected chi connectivity index (χ3v) is 3.12. The summed E-state index contributed by atoms with van der Waals surface area (Å²) in [6.07, 6.45) is 2.08. The van der Waals surface area contributed by atoms with E-state index < -0.39 is 6.17 Å². The molecule has 0 amide bonds. The minimum atomic E-state index is -0.524. The molecule has 0 spiro atoms. The molecule has 2 heteroatoms. The quantitative estimate of drug-likeness (QED) is 0.463. The maximum atomic E-state index is 12.6. The van der Waals surface area contributed by atoms with E-state index in [4.69, 9.17) is 0 Å². The van der Waals surface area contributed by atoms with Crippen LogP contribution in [0, 0.1) is 5.92 Å². The van der Waals surface area contributed by atoms with Crippen molar-refractivity contribution < 1.29 is 4.39 Å².